The molecule has 25 heavy (non-hydrogen) atoms. The Morgan fingerprint density at radius 1 is 1.12 bits per heavy atom. The number of ketones is 1. The van der Waals surface area contributed by atoms with Gasteiger partial charge in [-0.2, -0.15) is 0 Å². The lowest BCUT2D eigenvalue weighted by Crippen LogP contribution is -2.42. The molecule has 126 valence electrons. The molecule has 1 heterocycles. The van der Waals surface area contributed by atoms with Gasteiger partial charge in [0.1, 0.15) is 5.54 Å². The van der Waals surface area contributed by atoms with E-state index in [1.165, 1.54) is 0 Å². The van der Waals surface area contributed by atoms with Crippen molar-refractivity contribution in [2.24, 2.45) is 0 Å². The third-order valence-electron chi connectivity index (χ3n) is 4.89. The maximum Gasteiger partial charge on any atom is 0.325 e. The predicted molar refractivity (Wildman–Crippen MR) is 95.2 cm³/mol. The Kier molecular flexibility index (Phi) is 3.72. The van der Waals surface area contributed by atoms with Crippen molar-refractivity contribution in [1.82, 2.24) is 10.2 Å². The van der Waals surface area contributed by atoms with Crippen LogP contribution in [0.2, 0.25) is 0 Å². The molecule has 0 saturated carbocycles. The van der Waals surface area contributed by atoms with E-state index in [0.29, 0.717) is 12.0 Å². The molecule has 5 nitrogen and oxygen atoms in total. The first-order chi connectivity index (χ1) is 12.0. The van der Waals surface area contributed by atoms with E-state index in [9.17, 15) is 14.4 Å². The van der Waals surface area contributed by atoms with Crippen LogP contribution in [-0.2, 0) is 16.8 Å². The van der Waals surface area contributed by atoms with Crippen molar-refractivity contribution in [3.8, 4) is 0 Å². The fourth-order valence-corrected chi connectivity index (χ4v) is 3.87. The molecule has 0 bridgehead atoms. The zero-order chi connectivity index (χ0) is 17.6. The van der Waals surface area contributed by atoms with Gasteiger partial charge in [0.25, 0.3) is 5.91 Å². The summed E-state index contributed by atoms with van der Waals surface area (Å²) in [5.41, 5.74) is 1.36. The van der Waals surface area contributed by atoms with Gasteiger partial charge in [-0.3, -0.25) is 14.5 Å². The Bertz CT molecular complexity index is 894. The van der Waals surface area contributed by atoms with Crippen molar-refractivity contribution in [3.63, 3.8) is 0 Å². The number of nitrogens with one attached hydrogen (secondary N) is 1. The maximum absolute atomic E-state index is 13.0. The molecule has 1 aliphatic heterocycles. The SMILES string of the molecule is O=C(CN1C(=O)N[C@]2(CCc3ccccc32)C1=O)c1ccc(Br)cc1. The maximum atomic E-state index is 13.0. The molecule has 2 aromatic rings. The summed E-state index contributed by atoms with van der Waals surface area (Å²) in [5, 5.41) is 2.83. The van der Waals surface area contributed by atoms with E-state index in [-0.39, 0.29) is 18.2 Å². The summed E-state index contributed by atoms with van der Waals surface area (Å²) >= 11 is 3.32. The monoisotopic (exact) mass is 398 g/mol. The largest absolute Gasteiger partial charge is 0.325 e. The van der Waals surface area contributed by atoms with E-state index in [1.54, 1.807) is 24.3 Å². The molecule has 3 amide bonds. The number of amides is 3. The molecule has 0 aromatic heterocycles. The number of rotatable bonds is 3. The van der Waals surface area contributed by atoms with E-state index >= 15 is 0 Å². The number of nitrogens with zero attached hydrogens (tertiary/aromatic N) is 1. The van der Waals surface area contributed by atoms with Gasteiger partial charge in [-0.1, -0.05) is 52.3 Å². The van der Waals surface area contributed by atoms with Gasteiger partial charge in [-0.05, 0) is 36.1 Å². The first-order valence-corrected chi connectivity index (χ1v) is 8.82. The number of aryl methyl sites for hydroxylation is 1. The van der Waals surface area contributed by atoms with E-state index in [2.05, 4.69) is 21.2 Å². The number of halogens is 1. The summed E-state index contributed by atoms with van der Waals surface area (Å²) in [4.78, 5) is 38.9. The predicted octanol–water partition coefficient (Wildman–Crippen LogP) is 3.03. The minimum atomic E-state index is -1.02. The summed E-state index contributed by atoms with van der Waals surface area (Å²) < 4.78 is 0.862. The first kappa shape index (κ1) is 16.0. The molecule has 1 spiro atoms. The standard InChI is InChI=1S/C19H15BrN2O3/c20-14-7-5-13(6-8-14)16(23)11-22-17(24)19(21-18(22)25)10-9-12-3-1-2-4-15(12)19/h1-8H,9-11H2,(H,21,25)/t19-/m0/s1. The number of hydrogen-bond donors (Lipinski definition) is 1. The number of hydrogen-bond acceptors (Lipinski definition) is 3. The highest BCUT2D eigenvalue weighted by Gasteiger charge is 2.55. The van der Waals surface area contributed by atoms with Crippen molar-refractivity contribution in [1.29, 1.82) is 0 Å². The van der Waals surface area contributed by atoms with Gasteiger partial charge in [0.2, 0.25) is 0 Å². The van der Waals surface area contributed by atoms with Gasteiger partial charge in [0.15, 0.2) is 5.78 Å². The molecular formula is C19H15BrN2O3. The second kappa shape index (κ2) is 5.81. The van der Waals surface area contributed by atoms with E-state index in [0.717, 1.165) is 26.9 Å². The molecule has 6 heteroatoms. The van der Waals surface area contributed by atoms with Crippen LogP contribution < -0.4 is 5.32 Å². The van der Waals surface area contributed by atoms with Crippen LogP contribution >= 0.6 is 15.9 Å². The molecule has 2 aliphatic rings. The highest BCUT2D eigenvalue weighted by molar-refractivity contribution is 9.10. The average Bonchev–Trinajstić information content (AvgIpc) is 3.09. The number of carbonyl (C=O) groups excluding carboxylic acids is 3. The third-order valence-corrected chi connectivity index (χ3v) is 5.42. The van der Waals surface area contributed by atoms with Crippen molar-refractivity contribution < 1.29 is 14.4 Å². The number of imide groups is 1. The summed E-state index contributed by atoms with van der Waals surface area (Å²) in [6.45, 7) is -0.254. The van der Waals surface area contributed by atoms with Crippen LogP contribution in [0.4, 0.5) is 4.79 Å². The number of carbonyl (C=O) groups is 3. The topological polar surface area (TPSA) is 66.5 Å². The lowest BCUT2D eigenvalue weighted by atomic mass is 9.92. The van der Waals surface area contributed by atoms with Gasteiger partial charge >= 0.3 is 6.03 Å². The zero-order valence-corrected chi connectivity index (χ0v) is 14.9. The fraction of sp³-hybridized carbons (Fsp3) is 0.211. The van der Waals surface area contributed by atoms with Gasteiger partial charge in [-0.25, -0.2) is 4.79 Å². The van der Waals surface area contributed by atoms with Gasteiger partial charge in [-0.15, -0.1) is 0 Å². The Morgan fingerprint density at radius 3 is 2.60 bits per heavy atom. The first-order valence-electron chi connectivity index (χ1n) is 8.02. The zero-order valence-electron chi connectivity index (χ0n) is 13.3. The summed E-state index contributed by atoms with van der Waals surface area (Å²) in [5.74, 6) is -0.604. The lowest BCUT2D eigenvalue weighted by Gasteiger charge is -2.22. The van der Waals surface area contributed by atoms with Gasteiger partial charge in [0.05, 0.1) is 6.54 Å². The molecule has 1 saturated heterocycles. The van der Waals surface area contributed by atoms with E-state index < -0.39 is 11.6 Å². The Morgan fingerprint density at radius 2 is 1.84 bits per heavy atom. The smallest absolute Gasteiger partial charge is 0.319 e. The van der Waals surface area contributed by atoms with Crippen LogP contribution in [0.1, 0.15) is 27.9 Å². The Hall–Kier alpha value is -2.47. The number of urea groups is 1. The molecule has 1 fully saturated rings. The van der Waals surface area contributed by atoms with Gasteiger partial charge in [0, 0.05) is 10.0 Å². The van der Waals surface area contributed by atoms with E-state index in [4.69, 9.17) is 0 Å². The van der Waals surface area contributed by atoms with Crippen LogP contribution in [0.3, 0.4) is 0 Å². The summed E-state index contributed by atoms with van der Waals surface area (Å²) in [6.07, 6.45) is 1.26. The van der Waals surface area contributed by atoms with Gasteiger partial charge < -0.3 is 5.32 Å². The summed E-state index contributed by atoms with van der Waals surface area (Å²) in [6, 6.07) is 14.0. The molecule has 1 aliphatic carbocycles. The summed E-state index contributed by atoms with van der Waals surface area (Å²) in [7, 11) is 0. The van der Waals surface area contributed by atoms with Crippen LogP contribution in [0.15, 0.2) is 53.0 Å². The highest BCUT2D eigenvalue weighted by atomic mass is 79.9. The fourth-order valence-electron chi connectivity index (χ4n) is 3.60. The Labute approximate surface area is 153 Å². The minimum Gasteiger partial charge on any atom is -0.319 e. The number of fused-ring (bicyclic) bond motifs is 2. The van der Waals surface area contributed by atoms with Crippen LogP contribution in [0.25, 0.3) is 0 Å². The van der Waals surface area contributed by atoms with Crippen LogP contribution in [-0.4, -0.2) is 29.2 Å². The second-order valence-corrected chi connectivity index (χ2v) is 7.23. The molecule has 0 unspecified atom stereocenters. The molecule has 1 atom stereocenters. The Balaban J connectivity index is 1.61. The normalized spacial score (nSPS) is 21.6. The number of benzene rings is 2. The second-order valence-electron chi connectivity index (χ2n) is 6.31. The third kappa shape index (κ3) is 2.48. The van der Waals surface area contributed by atoms with Crippen molar-refractivity contribution in [3.05, 3.63) is 69.7 Å². The average molecular weight is 399 g/mol. The lowest BCUT2D eigenvalue weighted by molar-refractivity contribution is -0.131. The van der Waals surface area contributed by atoms with Crippen LogP contribution in [0, 0.1) is 0 Å². The number of Topliss-reactive ketones (excluding diaryl/α,β-unsaturated/α-hetero) is 1. The quantitative estimate of drug-likeness (QED) is 0.638. The molecule has 1 N–H and O–H groups in total. The van der Waals surface area contributed by atoms with Crippen molar-refractivity contribution >= 4 is 33.7 Å². The van der Waals surface area contributed by atoms with Crippen LogP contribution in [0.5, 0.6) is 0 Å². The van der Waals surface area contributed by atoms with Crippen molar-refractivity contribution in [2.75, 3.05) is 6.54 Å². The molecule has 4 rings (SSSR count). The minimum absolute atomic E-state index is 0.254. The molecule has 0 radical (unpaired) electrons. The molecular weight excluding hydrogens is 384 g/mol. The van der Waals surface area contributed by atoms with E-state index in [1.807, 2.05) is 24.3 Å². The highest BCUT2D eigenvalue weighted by Crippen LogP contribution is 2.41. The molecule has 2 aromatic carbocycles. The van der Waals surface area contributed by atoms with Crippen molar-refractivity contribution in [2.45, 2.75) is 18.4 Å².